The van der Waals surface area contributed by atoms with Crippen LogP contribution in [-0.4, -0.2) is 71.5 Å². The van der Waals surface area contributed by atoms with Crippen LogP contribution in [0.5, 0.6) is 5.75 Å². The Balaban J connectivity index is 1.40. The van der Waals surface area contributed by atoms with Crippen LogP contribution in [0.15, 0.2) is 84.4 Å². The van der Waals surface area contributed by atoms with Gasteiger partial charge in [0, 0.05) is 35.4 Å². The number of hydrogen-bond acceptors (Lipinski definition) is 6. The number of amides is 2. The maximum absolute atomic E-state index is 14.4. The molecule has 0 spiro atoms. The molecule has 1 saturated carbocycles. The number of anilines is 1. The second-order valence-electron chi connectivity index (χ2n) is 14.8. The molecule has 1 saturated heterocycles. The highest BCUT2D eigenvalue weighted by molar-refractivity contribution is 6.10. The van der Waals surface area contributed by atoms with Gasteiger partial charge in [0.05, 0.1) is 31.5 Å². The largest absolute Gasteiger partial charge is 0.497 e. The lowest BCUT2D eigenvalue weighted by Gasteiger charge is -2.46. The summed E-state index contributed by atoms with van der Waals surface area (Å²) >= 11 is 0. The number of nitrogens with one attached hydrogen (secondary N) is 1. The highest BCUT2D eigenvalue weighted by Gasteiger charge is 2.57. The lowest BCUT2D eigenvalue weighted by Crippen LogP contribution is -2.55. The number of nitrogens with zero attached hydrogens (tertiary/aromatic N) is 1. The Labute approximate surface area is 296 Å². The number of para-hydroxylation sites is 1. The maximum atomic E-state index is 14.4. The van der Waals surface area contributed by atoms with Crippen LogP contribution in [0.2, 0.25) is 0 Å². The molecule has 50 heavy (non-hydrogen) atoms. The van der Waals surface area contributed by atoms with Crippen molar-refractivity contribution < 1.29 is 29.3 Å². The summed E-state index contributed by atoms with van der Waals surface area (Å²) in [6, 6.07) is 22.3. The molecule has 8 nitrogen and oxygen atoms in total. The third-order valence-electron chi connectivity index (χ3n) is 11.5. The van der Waals surface area contributed by atoms with E-state index in [0.717, 1.165) is 36.8 Å². The highest BCUT2D eigenvalue weighted by atomic mass is 16.5. The van der Waals surface area contributed by atoms with Crippen molar-refractivity contribution in [1.29, 1.82) is 0 Å². The van der Waals surface area contributed by atoms with Gasteiger partial charge in [-0.05, 0) is 124 Å². The fourth-order valence-electron chi connectivity index (χ4n) is 8.39. The van der Waals surface area contributed by atoms with Gasteiger partial charge in [0.25, 0.3) is 0 Å². The topological polar surface area (TPSA) is 108 Å². The number of urea groups is 1. The molecule has 3 aromatic rings. The van der Waals surface area contributed by atoms with Crippen molar-refractivity contribution in [1.82, 2.24) is 4.90 Å². The SMILES string of the molecule is COc1ccc(C(=O)c2cc3ccc2[C@@H]2CC[C@@](O)(CN(C[C@H]4CCCO4)C(=O)Nc4ccccc4)[C@@]2(C)CCC=C(C)CC[C@H](O)C3)cc1. The van der Waals surface area contributed by atoms with E-state index in [4.69, 9.17) is 9.47 Å². The van der Waals surface area contributed by atoms with E-state index in [1.807, 2.05) is 48.5 Å². The summed E-state index contributed by atoms with van der Waals surface area (Å²) in [5.74, 6) is 0.428. The van der Waals surface area contributed by atoms with Crippen LogP contribution in [0, 0.1) is 5.41 Å². The van der Waals surface area contributed by atoms with E-state index in [9.17, 15) is 19.8 Å². The minimum Gasteiger partial charge on any atom is -0.497 e. The van der Waals surface area contributed by atoms with E-state index >= 15 is 0 Å². The van der Waals surface area contributed by atoms with Crippen molar-refractivity contribution in [3.8, 4) is 5.75 Å². The Morgan fingerprint density at radius 1 is 1.02 bits per heavy atom. The van der Waals surface area contributed by atoms with Crippen LogP contribution in [0.25, 0.3) is 0 Å². The molecule has 8 heteroatoms. The molecule has 2 amide bonds. The molecule has 2 bridgehead atoms. The Kier molecular flexibility index (Phi) is 11.1. The molecule has 2 fully saturated rings. The molecule has 3 N–H and O–H groups in total. The first-order valence-electron chi connectivity index (χ1n) is 18.2. The molecule has 1 heterocycles. The molecule has 266 valence electrons. The number of carbonyl (C=O) groups excluding carboxylic acids is 2. The monoisotopic (exact) mass is 680 g/mol. The van der Waals surface area contributed by atoms with Gasteiger partial charge >= 0.3 is 6.03 Å². The fraction of sp³-hybridized carbons (Fsp3) is 0.476. The standard InChI is InChI=1S/C42H52N2O6/c1-29-9-7-22-41(2)38(21-23-42(41,48)28-44(27-35-12-8-24-50-35)40(47)43-32-10-5-4-6-11-32)36-20-14-30(25-33(45)17-13-29)26-37(36)39(46)31-15-18-34(49-3)19-16-31/h4-6,9-11,14-16,18-20,26,33,35,38,45,48H,7-8,12-13,17,21-25,27-28H2,1-3H3,(H,43,47)/t33-,35+,38-,41-,42+/m0/s1. The average Bonchev–Trinajstić information content (AvgIpc) is 3.72. The minimum atomic E-state index is -1.24. The van der Waals surface area contributed by atoms with Crippen LogP contribution < -0.4 is 10.1 Å². The second kappa shape index (κ2) is 15.5. The van der Waals surface area contributed by atoms with Crippen molar-refractivity contribution in [2.45, 2.75) is 95.4 Å². The molecular weight excluding hydrogens is 628 g/mol. The zero-order valence-electron chi connectivity index (χ0n) is 29.7. The number of carbonyl (C=O) groups is 2. The van der Waals surface area contributed by atoms with E-state index in [2.05, 4.69) is 25.2 Å². The quantitative estimate of drug-likeness (QED) is 0.166. The number of fused-ring (bicyclic) bond motifs is 8. The molecule has 1 aliphatic heterocycles. The summed E-state index contributed by atoms with van der Waals surface area (Å²) in [5.41, 5.74) is 2.97. The average molecular weight is 681 g/mol. The lowest BCUT2D eigenvalue weighted by molar-refractivity contribution is -0.0799. The first kappa shape index (κ1) is 35.8. The number of allylic oxidation sites excluding steroid dienone is 2. The fourth-order valence-corrected chi connectivity index (χ4v) is 8.39. The van der Waals surface area contributed by atoms with Gasteiger partial charge in [0.2, 0.25) is 0 Å². The molecule has 7 rings (SSSR count). The van der Waals surface area contributed by atoms with Gasteiger partial charge in [-0.15, -0.1) is 0 Å². The van der Waals surface area contributed by atoms with E-state index in [1.54, 1.807) is 36.3 Å². The number of methoxy groups -OCH3 is 1. The summed E-state index contributed by atoms with van der Waals surface area (Å²) in [4.78, 5) is 30.1. The number of ketones is 1. The third kappa shape index (κ3) is 7.83. The van der Waals surface area contributed by atoms with Gasteiger partial charge < -0.3 is 29.9 Å². The van der Waals surface area contributed by atoms with Gasteiger partial charge in [0.15, 0.2) is 5.78 Å². The number of benzene rings is 3. The highest BCUT2D eigenvalue weighted by Crippen LogP contribution is 2.59. The summed E-state index contributed by atoms with van der Waals surface area (Å²) in [5, 5.41) is 27.0. The molecule has 4 aliphatic rings. The Hall–Kier alpha value is -3.98. The van der Waals surface area contributed by atoms with Crippen LogP contribution >= 0.6 is 0 Å². The van der Waals surface area contributed by atoms with Crippen molar-refractivity contribution in [3.05, 3.63) is 107 Å². The number of rotatable bonds is 8. The van der Waals surface area contributed by atoms with Crippen LogP contribution in [0.1, 0.15) is 98.2 Å². The summed E-state index contributed by atoms with van der Waals surface area (Å²) in [6.45, 7) is 5.47. The molecule has 3 aliphatic carbocycles. The van der Waals surface area contributed by atoms with Crippen LogP contribution in [0.3, 0.4) is 0 Å². The van der Waals surface area contributed by atoms with E-state index in [0.29, 0.717) is 67.8 Å². The van der Waals surface area contributed by atoms with Gasteiger partial charge in [-0.25, -0.2) is 4.79 Å². The predicted octanol–water partition coefficient (Wildman–Crippen LogP) is 7.68. The van der Waals surface area contributed by atoms with E-state index in [-0.39, 0.29) is 30.4 Å². The number of ether oxygens (including phenoxy) is 2. The van der Waals surface area contributed by atoms with Crippen molar-refractivity contribution in [3.63, 3.8) is 0 Å². The maximum Gasteiger partial charge on any atom is 0.322 e. The van der Waals surface area contributed by atoms with Gasteiger partial charge in [0.1, 0.15) is 5.75 Å². The lowest BCUT2D eigenvalue weighted by atomic mass is 9.64. The van der Waals surface area contributed by atoms with Crippen molar-refractivity contribution in [2.24, 2.45) is 5.41 Å². The summed E-state index contributed by atoms with van der Waals surface area (Å²) in [6.07, 6.45) is 7.85. The van der Waals surface area contributed by atoms with Gasteiger partial charge in [-0.1, -0.05) is 48.9 Å². The summed E-state index contributed by atoms with van der Waals surface area (Å²) in [7, 11) is 1.60. The molecule has 5 atom stereocenters. The predicted molar refractivity (Wildman–Crippen MR) is 196 cm³/mol. The normalized spacial score (nSPS) is 26.8. The van der Waals surface area contributed by atoms with E-state index < -0.39 is 17.1 Å². The van der Waals surface area contributed by atoms with Crippen molar-refractivity contribution >= 4 is 17.5 Å². The molecular formula is C42H52N2O6. The molecule has 0 radical (unpaired) electrons. The molecule has 0 unspecified atom stereocenters. The minimum absolute atomic E-state index is 0.0867. The zero-order valence-corrected chi connectivity index (χ0v) is 29.7. The number of aliphatic hydroxyl groups excluding tert-OH is 1. The number of aliphatic hydroxyl groups is 2. The summed E-state index contributed by atoms with van der Waals surface area (Å²) < 4.78 is 11.3. The molecule has 3 aromatic carbocycles. The van der Waals surface area contributed by atoms with Crippen LogP contribution in [-0.2, 0) is 11.2 Å². The first-order valence-corrected chi connectivity index (χ1v) is 18.2. The van der Waals surface area contributed by atoms with Crippen LogP contribution in [0.4, 0.5) is 10.5 Å². The van der Waals surface area contributed by atoms with Crippen molar-refractivity contribution in [2.75, 3.05) is 32.1 Å². The van der Waals surface area contributed by atoms with E-state index in [1.165, 1.54) is 5.57 Å². The second-order valence-corrected chi connectivity index (χ2v) is 14.8. The first-order chi connectivity index (χ1) is 24.1. The Morgan fingerprint density at radius 3 is 2.52 bits per heavy atom. The third-order valence-corrected chi connectivity index (χ3v) is 11.5. The Bertz CT molecular complexity index is 1670. The number of hydrogen-bond donors (Lipinski definition) is 3. The van der Waals surface area contributed by atoms with Gasteiger partial charge in [-0.2, -0.15) is 0 Å². The van der Waals surface area contributed by atoms with Gasteiger partial charge in [-0.3, -0.25) is 4.79 Å². The molecule has 0 aromatic heterocycles. The Morgan fingerprint density at radius 2 is 1.80 bits per heavy atom. The smallest absolute Gasteiger partial charge is 0.322 e. The zero-order chi connectivity index (χ0) is 35.3.